The largest absolute Gasteiger partial charge is 0.347 e. The van der Waals surface area contributed by atoms with Crippen molar-refractivity contribution in [2.75, 3.05) is 0 Å². The predicted molar refractivity (Wildman–Crippen MR) is 73.9 cm³/mol. The lowest BCUT2D eigenvalue weighted by Crippen LogP contribution is -2.23. The molecule has 0 unspecified atom stereocenters. The molecule has 9 heteroatoms. The first-order valence-corrected chi connectivity index (χ1v) is 7.81. The Morgan fingerprint density at radius 2 is 2.10 bits per heavy atom. The average molecular weight is 313 g/mol. The lowest BCUT2D eigenvalue weighted by atomic mass is 10.2. The lowest BCUT2D eigenvalue weighted by molar-refractivity contribution is 0.0951. The molecule has 0 saturated heterocycles. The molecule has 0 atom stereocenters. The van der Waals surface area contributed by atoms with Crippen molar-refractivity contribution in [2.24, 2.45) is 5.14 Å². The summed E-state index contributed by atoms with van der Waals surface area (Å²) in [6.07, 6.45) is 1.38. The van der Waals surface area contributed by atoms with Crippen molar-refractivity contribution in [1.82, 2.24) is 10.3 Å². The minimum absolute atomic E-state index is 0.0397. The Balaban J connectivity index is 2.04. The van der Waals surface area contributed by atoms with E-state index in [4.69, 9.17) is 5.14 Å². The van der Waals surface area contributed by atoms with E-state index in [0.29, 0.717) is 4.88 Å². The minimum Gasteiger partial charge on any atom is -0.347 e. The standard InChI is InChI=1S/C11H11N3O4S2/c12-20(17,18)10-2-1-8(19-10)6-14-11(16)7-3-4-13-9(15)5-7/h1-5H,6H2,(H,13,15)(H,14,16)(H2,12,17,18). The molecule has 4 N–H and O–H groups in total. The average Bonchev–Trinajstić information content (AvgIpc) is 2.84. The molecule has 2 heterocycles. The van der Waals surface area contributed by atoms with Crippen LogP contribution < -0.4 is 16.0 Å². The fourth-order valence-electron chi connectivity index (χ4n) is 1.46. The second-order valence-electron chi connectivity index (χ2n) is 3.89. The Labute approximate surface area is 118 Å². The highest BCUT2D eigenvalue weighted by molar-refractivity contribution is 7.91. The molecule has 0 aliphatic heterocycles. The third-order valence-corrected chi connectivity index (χ3v) is 4.90. The Hall–Kier alpha value is -1.97. The van der Waals surface area contributed by atoms with E-state index in [-0.39, 0.29) is 21.9 Å². The first kappa shape index (κ1) is 14.4. The van der Waals surface area contributed by atoms with Gasteiger partial charge in [-0.1, -0.05) is 0 Å². The second-order valence-corrected chi connectivity index (χ2v) is 6.85. The normalized spacial score (nSPS) is 11.2. The number of thiophene rings is 1. The zero-order chi connectivity index (χ0) is 14.8. The molecule has 0 aliphatic rings. The molecule has 0 bridgehead atoms. The van der Waals surface area contributed by atoms with Gasteiger partial charge in [0.1, 0.15) is 4.21 Å². The number of H-pyrrole nitrogens is 1. The zero-order valence-corrected chi connectivity index (χ0v) is 11.8. The van der Waals surface area contributed by atoms with E-state index in [1.165, 1.54) is 24.4 Å². The molecule has 0 saturated carbocycles. The van der Waals surface area contributed by atoms with Gasteiger partial charge in [-0.15, -0.1) is 11.3 Å². The van der Waals surface area contributed by atoms with Gasteiger partial charge < -0.3 is 10.3 Å². The van der Waals surface area contributed by atoms with Gasteiger partial charge in [0.25, 0.3) is 5.91 Å². The molecule has 1 amide bonds. The summed E-state index contributed by atoms with van der Waals surface area (Å²) >= 11 is 0.985. The Kier molecular flexibility index (Phi) is 4.02. The minimum atomic E-state index is -3.72. The smallest absolute Gasteiger partial charge is 0.251 e. The van der Waals surface area contributed by atoms with Crippen LogP contribution in [-0.4, -0.2) is 19.3 Å². The van der Waals surface area contributed by atoms with E-state index < -0.39 is 15.9 Å². The molecule has 0 radical (unpaired) electrons. The highest BCUT2D eigenvalue weighted by Gasteiger charge is 2.12. The maximum Gasteiger partial charge on any atom is 0.251 e. The van der Waals surface area contributed by atoms with Crippen molar-refractivity contribution in [3.63, 3.8) is 0 Å². The number of hydrogen-bond donors (Lipinski definition) is 3. The van der Waals surface area contributed by atoms with E-state index in [1.807, 2.05) is 0 Å². The first-order valence-electron chi connectivity index (χ1n) is 5.45. The first-order chi connectivity index (χ1) is 9.36. The maximum absolute atomic E-state index is 11.8. The summed E-state index contributed by atoms with van der Waals surface area (Å²) in [4.78, 5) is 25.9. The van der Waals surface area contributed by atoms with Crippen LogP contribution in [0.2, 0.25) is 0 Å². The summed E-state index contributed by atoms with van der Waals surface area (Å²) in [5, 5.41) is 7.58. The van der Waals surface area contributed by atoms with Gasteiger partial charge in [-0.05, 0) is 18.2 Å². The predicted octanol–water partition coefficient (Wildman–Crippen LogP) is 0.0138. The Bertz CT molecular complexity index is 792. The zero-order valence-electron chi connectivity index (χ0n) is 10.1. The fraction of sp³-hybridized carbons (Fsp3) is 0.0909. The van der Waals surface area contributed by atoms with Gasteiger partial charge in [0, 0.05) is 22.7 Å². The molecular weight excluding hydrogens is 302 g/mol. The van der Waals surface area contributed by atoms with Crippen molar-refractivity contribution >= 4 is 27.3 Å². The van der Waals surface area contributed by atoms with Crippen molar-refractivity contribution in [3.8, 4) is 0 Å². The van der Waals surface area contributed by atoms with Gasteiger partial charge in [-0.2, -0.15) is 0 Å². The molecular formula is C11H11N3O4S2. The summed E-state index contributed by atoms with van der Waals surface area (Å²) in [6.45, 7) is 0.159. The van der Waals surface area contributed by atoms with Crippen molar-refractivity contribution in [1.29, 1.82) is 0 Å². The van der Waals surface area contributed by atoms with Gasteiger partial charge in [0.05, 0.1) is 6.54 Å². The third-order valence-electron chi connectivity index (χ3n) is 2.38. The lowest BCUT2D eigenvalue weighted by Gasteiger charge is -2.02. The number of carbonyl (C=O) groups is 1. The number of rotatable bonds is 4. The number of nitrogens with one attached hydrogen (secondary N) is 2. The Morgan fingerprint density at radius 3 is 2.70 bits per heavy atom. The van der Waals surface area contributed by atoms with Gasteiger partial charge >= 0.3 is 0 Å². The Morgan fingerprint density at radius 1 is 1.35 bits per heavy atom. The van der Waals surface area contributed by atoms with Gasteiger partial charge in [-0.3, -0.25) is 9.59 Å². The number of amides is 1. The van der Waals surface area contributed by atoms with Crippen LogP contribution in [0.25, 0.3) is 0 Å². The molecule has 20 heavy (non-hydrogen) atoms. The van der Waals surface area contributed by atoms with E-state index in [2.05, 4.69) is 10.3 Å². The van der Waals surface area contributed by atoms with Crippen molar-refractivity contribution in [2.45, 2.75) is 10.8 Å². The highest BCUT2D eigenvalue weighted by Crippen LogP contribution is 2.19. The van der Waals surface area contributed by atoms with Crippen molar-refractivity contribution in [3.05, 3.63) is 51.3 Å². The van der Waals surface area contributed by atoms with E-state index in [1.54, 1.807) is 6.07 Å². The monoisotopic (exact) mass is 313 g/mol. The van der Waals surface area contributed by atoms with Crippen LogP contribution in [-0.2, 0) is 16.6 Å². The van der Waals surface area contributed by atoms with Crippen LogP contribution in [0.5, 0.6) is 0 Å². The van der Waals surface area contributed by atoms with E-state index in [0.717, 1.165) is 11.3 Å². The quantitative estimate of drug-likeness (QED) is 0.736. The molecule has 2 aromatic heterocycles. The summed E-state index contributed by atoms with van der Waals surface area (Å²) in [5.41, 5.74) is -0.137. The maximum atomic E-state index is 11.8. The molecule has 106 valence electrons. The summed E-state index contributed by atoms with van der Waals surface area (Å²) in [6, 6.07) is 5.61. The van der Waals surface area contributed by atoms with Gasteiger partial charge in [0.2, 0.25) is 15.6 Å². The van der Waals surface area contributed by atoms with Gasteiger partial charge in [-0.25, -0.2) is 13.6 Å². The van der Waals surface area contributed by atoms with Crippen LogP contribution in [0.1, 0.15) is 15.2 Å². The molecule has 0 aliphatic carbocycles. The summed E-state index contributed by atoms with van der Waals surface area (Å²) < 4.78 is 22.3. The number of pyridine rings is 1. The fourth-order valence-corrected chi connectivity index (χ4v) is 3.18. The molecule has 2 rings (SSSR count). The number of primary sulfonamides is 1. The molecule has 7 nitrogen and oxygen atoms in total. The number of hydrogen-bond acceptors (Lipinski definition) is 5. The summed E-state index contributed by atoms with van der Waals surface area (Å²) in [7, 11) is -3.72. The van der Waals surface area contributed by atoms with Crippen LogP contribution in [0.3, 0.4) is 0 Å². The highest BCUT2D eigenvalue weighted by atomic mass is 32.2. The number of aromatic amines is 1. The SMILES string of the molecule is NS(=O)(=O)c1ccc(CNC(=O)c2cc[nH]c(=O)c2)s1. The van der Waals surface area contributed by atoms with Gasteiger partial charge in [0.15, 0.2) is 0 Å². The molecule has 0 fully saturated rings. The van der Waals surface area contributed by atoms with Crippen LogP contribution in [0.4, 0.5) is 0 Å². The number of carbonyl (C=O) groups excluding carboxylic acids is 1. The van der Waals surface area contributed by atoms with Crippen molar-refractivity contribution < 1.29 is 13.2 Å². The summed E-state index contributed by atoms with van der Waals surface area (Å²) in [5.74, 6) is -0.415. The van der Waals surface area contributed by atoms with E-state index >= 15 is 0 Å². The van der Waals surface area contributed by atoms with Crippen LogP contribution in [0, 0.1) is 0 Å². The molecule has 0 aromatic carbocycles. The number of aromatic nitrogens is 1. The van der Waals surface area contributed by atoms with Crippen LogP contribution >= 0.6 is 11.3 Å². The van der Waals surface area contributed by atoms with Crippen LogP contribution in [0.15, 0.2) is 39.5 Å². The molecule has 2 aromatic rings. The number of nitrogens with two attached hydrogens (primary N) is 1. The molecule has 0 spiro atoms. The second kappa shape index (κ2) is 5.57. The third kappa shape index (κ3) is 3.53. The topological polar surface area (TPSA) is 122 Å². The number of sulfonamides is 1. The van der Waals surface area contributed by atoms with E-state index in [9.17, 15) is 18.0 Å².